The second-order valence-corrected chi connectivity index (χ2v) is 11.6. The number of benzene rings is 1. The molecule has 0 heterocycles. The van der Waals surface area contributed by atoms with E-state index < -0.39 is 23.8 Å². The van der Waals surface area contributed by atoms with Crippen molar-refractivity contribution < 1.29 is 19.1 Å². The summed E-state index contributed by atoms with van der Waals surface area (Å²) in [4.78, 5) is 42.1. The van der Waals surface area contributed by atoms with Gasteiger partial charge in [0, 0.05) is 18.3 Å². The van der Waals surface area contributed by atoms with E-state index in [0.29, 0.717) is 12.5 Å². The Labute approximate surface area is 229 Å². The SMILES string of the molecule is CCCCNC(=O)C(c1cccc(C)c1C)N(C(=O)C(CS)NC(=O)OC(C)(C)C)C(C)CCC(C)C. The molecule has 3 unspecified atom stereocenters. The van der Waals surface area contributed by atoms with E-state index >= 15 is 0 Å². The van der Waals surface area contributed by atoms with Gasteiger partial charge >= 0.3 is 6.09 Å². The molecular weight excluding hydrogens is 486 g/mol. The van der Waals surface area contributed by atoms with E-state index in [1.807, 2.05) is 39.0 Å². The standard InChI is InChI=1S/C29H49N3O4S/c1-10-11-17-30-26(33)25(23-14-12-13-20(4)22(23)6)32(21(5)16-15-19(2)3)27(34)24(18-37)31-28(35)36-29(7,8)9/h12-14,19,21,24-25,37H,10-11,15-18H2,1-9H3,(H,30,33)(H,31,35). The maximum absolute atomic E-state index is 14.1. The first-order valence-corrected chi connectivity index (χ1v) is 14.1. The monoisotopic (exact) mass is 535 g/mol. The van der Waals surface area contributed by atoms with Crippen LogP contribution in [0.2, 0.25) is 0 Å². The quantitative estimate of drug-likeness (QED) is 0.222. The molecule has 210 valence electrons. The summed E-state index contributed by atoms with van der Waals surface area (Å²) in [6.45, 7) is 18.1. The van der Waals surface area contributed by atoms with Gasteiger partial charge in [-0.3, -0.25) is 9.59 Å². The molecule has 0 saturated carbocycles. The average Bonchev–Trinajstić information content (AvgIpc) is 2.80. The van der Waals surface area contributed by atoms with Crippen LogP contribution in [0.5, 0.6) is 0 Å². The summed E-state index contributed by atoms with van der Waals surface area (Å²) in [6.07, 6.45) is 2.72. The molecule has 7 nitrogen and oxygen atoms in total. The van der Waals surface area contributed by atoms with E-state index in [0.717, 1.165) is 42.4 Å². The Morgan fingerprint density at radius 3 is 2.27 bits per heavy atom. The zero-order valence-corrected chi connectivity index (χ0v) is 25.2. The first-order valence-electron chi connectivity index (χ1n) is 13.5. The molecule has 1 rings (SSSR count). The number of hydrogen-bond acceptors (Lipinski definition) is 5. The number of carbonyl (C=O) groups is 3. The molecule has 0 fully saturated rings. The third-order valence-electron chi connectivity index (χ3n) is 6.36. The van der Waals surface area contributed by atoms with Crippen molar-refractivity contribution in [3.8, 4) is 0 Å². The fourth-order valence-corrected chi connectivity index (χ4v) is 4.35. The molecule has 0 aliphatic heterocycles. The van der Waals surface area contributed by atoms with Gasteiger partial charge < -0.3 is 20.3 Å². The highest BCUT2D eigenvalue weighted by Gasteiger charge is 2.39. The van der Waals surface area contributed by atoms with Crippen LogP contribution in [0.4, 0.5) is 4.79 Å². The second-order valence-electron chi connectivity index (χ2n) is 11.3. The van der Waals surface area contributed by atoms with Gasteiger partial charge in [0.1, 0.15) is 17.7 Å². The number of unbranched alkanes of at least 4 members (excludes halogenated alkanes) is 1. The third-order valence-corrected chi connectivity index (χ3v) is 6.73. The number of thiol groups is 1. The predicted octanol–water partition coefficient (Wildman–Crippen LogP) is 5.74. The Morgan fingerprint density at radius 2 is 1.73 bits per heavy atom. The number of rotatable bonds is 13. The minimum absolute atomic E-state index is 0.0719. The molecule has 0 saturated heterocycles. The second kappa shape index (κ2) is 15.3. The number of hydrogen-bond donors (Lipinski definition) is 3. The van der Waals surface area contributed by atoms with Crippen molar-refractivity contribution in [3.63, 3.8) is 0 Å². The molecule has 0 aliphatic carbocycles. The van der Waals surface area contributed by atoms with Crippen LogP contribution in [0.3, 0.4) is 0 Å². The summed E-state index contributed by atoms with van der Waals surface area (Å²) in [7, 11) is 0. The van der Waals surface area contributed by atoms with Crippen molar-refractivity contribution in [1.29, 1.82) is 0 Å². The lowest BCUT2D eigenvalue weighted by molar-refractivity contribution is -0.144. The predicted molar refractivity (Wildman–Crippen MR) is 154 cm³/mol. The zero-order chi connectivity index (χ0) is 28.3. The van der Waals surface area contributed by atoms with Gasteiger partial charge in [-0.05, 0) is 83.4 Å². The highest BCUT2D eigenvalue weighted by Crippen LogP contribution is 2.30. The molecule has 0 radical (unpaired) electrons. The number of nitrogens with zero attached hydrogens (tertiary/aromatic N) is 1. The van der Waals surface area contributed by atoms with E-state index in [4.69, 9.17) is 4.74 Å². The Bertz CT molecular complexity index is 898. The highest BCUT2D eigenvalue weighted by atomic mass is 32.1. The van der Waals surface area contributed by atoms with Gasteiger partial charge in [-0.15, -0.1) is 0 Å². The Balaban J connectivity index is 3.56. The first kappa shape index (κ1) is 32.8. The van der Waals surface area contributed by atoms with Crippen LogP contribution in [0.15, 0.2) is 18.2 Å². The molecule has 0 aromatic heterocycles. The van der Waals surface area contributed by atoms with Crippen molar-refractivity contribution in [2.45, 2.75) is 112 Å². The van der Waals surface area contributed by atoms with Crippen LogP contribution in [-0.2, 0) is 14.3 Å². The molecule has 3 amide bonds. The van der Waals surface area contributed by atoms with Crippen LogP contribution in [0, 0.1) is 19.8 Å². The fourth-order valence-electron chi connectivity index (χ4n) is 4.10. The molecule has 8 heteroatoms. The zero-order valence-electron chi connectivity index (χ0n) is 24.3. The Hall–Kier alpha value is -2.22. The van der Waals surface area contributed by atoms with Crippen molar-refractivity contribution in [2.75, 3.05) is 12.3 Å². The van der Waals surface area contributed by atoms with Crippen molar-refractivity contribution in [3.05, 3.63) is 34.9 Å². The van der Waals surface area contributed by atoms with Gasteiger partial charge in [-0.1, -0.05) is 45.4 Å². The number of carbonyl (C=O) groups excluding carboxylic acids is 3. The molecule has 1 aromatic rings. The summed E-state index contributed by atoms with van der Waals surface area (Å²) < 4.78 is 5.40. The molecule has 3 atom stereocenters. The number of amides is 3. The number of nitrogens with one attached hydrogen (secondary N) is 2. The molecule has 37 heavy (non-hydrogen) atoms. The summed E-state index contributed by atoms with van der Waals surface area (Å²) in [5, 5.41) is 5.74. The summed E-state index contributed by atoms with van der Waals surface area (Å²) in [6, 6.07) is 3.80. The van der Waals surface area contributed by atoms with Gasteiger partial charge in [0.15, 0.2) is 0 Å². The molecule has 0 bridgehead atoms. The summed E-state index contributed by atoms with van der Waals surface area (Å²) in [5.74, 6) is -0.0594. The molecule has 0 spiro atoms. The van der Waals surface area contributed by atoms with Crippen LogP contribution in [-0.4, -0.2) is 52.8 Å². The van der Waals surface area contributed by atoms with E-state index in [9.17, 15) is 14.4 Å². The maximum atomic E-state index is 14.1. The molecular formula is C29H49N3O4S. The Kier molecular flexibility index (Phi) is 13.5. The normalized spacial score (nSPS) is 14.0. The lowest BCUT2D eigenvalue weighted by Crippen LogP contribution is -2.56. The molecule has 1 aromatic carbocycles. The van der Waals surface area contributed by atoms with E-state index in [1.165, 1.54) is 0 Å². The fraction of sp³-hybridized carbons (Fsp3) is 0.690. The summed E-state index contributed by atoms with van der Waals surface area (Å²) >= 11 is 4.38. The van der Waals surface area contributed by atoms with Gasteiger partial charge in [0.25, 0.3) is 0 Å². The lowest BCUT2D eigenvalue weighted by atomic mass is 9.93. The third kappa shape index (κ3) is 10.6. The minimum Gasteiger partial charge on any atom is -0.444 e. The minimum atomic E-state index is -0.948. The maximum Gasteiger partial charge on any atom is 0.408 e. The molecule has 2 N–H and O–H groups in total. The first-order chi connectivity index (χ1) is 17.2. The van der Waals surface area contributed by atoms with Crippen molar-refractivity contribution in [2.24, 2.45) is 5.92 Å². The smallest absolute Gasteiger partial charge is 0.408 e. The van der Waals surface area contributed by atoms with E-state index in [-0.39, 0.29) is 23.6 Å². The van der Waals surface area contributed by atoms with Crippen LogP contribution < -0.4 is 10.6 Å². The largest absolute Gasteiger partial charge is 0.444 e. The topological polar surface area (TPSA) is 87.7 Å². The highest BCUT2D eigenvalue weighted by molar-refractivity contribution is 7.80. The van der Waals surface area contributed by atoms with Crippen LogP contribution in [0.1, 0.15) is 96.9 Å². The van der Waals surface area contributed by atoms with Crippen molar-refractivity contribution in [1.82, 2.24) is 15.5 Å². The van der Waals surface area contributed by atoms with Crippen LogP contribution in [0.25, 0.3) is 0 Å². The number of alkyl carbamates (subject to hydrolysis) is 1. The van der Waals surface area contributed by atoms with E-state index in [2.05, 4.69) is 44.0 Å². The van der Waals surface area contributed by atoms with Gasteiger partial charge in [0.2, 0.25) is 11.8 Å². The number of ether oxygens (including phenoxy) is 1. The summed E-state index contributed by atoms with van der Waals surface area (Å²) in [5.41, 5.74) is 2.09. The van der Waals surface area contributed by atoms with Gasteiger partial charge in [-0.2, -0.15) is 12.6 Å². The molecule has 0 aliphatic rings. The van der Waals surface area contributed by atoms with Gasteiger partial charge in [0.05, 0.1) is 0 Å². The van der Waals surface area contributed by atoms with Crippen molar-refractivity contribution >= 4 is 30.5 Å². The van der Waals surface area contributed by atoms with Gasteiger partial charge in [-0.25, -0.2) is 4.79 Å². The number of aryl methyl sites for hydroxylation is 1. The average molecular weight is 536 g/mol. The van der Waals surface area contributed by atoms with E-state index in [1.54, 1.807) is 25.7 Å². The lowest BCUT2D eigenvalue weighted by Gasteiger charge is -2.39. The van der Waals surface area contributed by atoms with Crippen LogP contribution >= 0.6 is 12.6 Å². The Morgan fingerprint density at radius 1 is 1.08 bits per heavy atom.